The number of hydrogen-bond acceptors (Lipinski definition) is 3. The largest absolute Gasteiger partial charge is 0.465 e. The van der Waals surface area contributed by atoms with Crippen molar-refractivity contribution in [2.75, 3.05) is 11.9 Å². The van der Waals surface area contributed by atoms with Crippen molar-refractivity contribution < 1.29 is 9.53 Å². The van der Waals surface area contributed by atoms with Crippen LogP contribution in [0.2, 0.25) is 0 Å². The summed E-state index contributed by atoms with van der Waals surface area (Å²) in [5, 5.41) is 10.4. The Bertz CT molecular complexity index is 333. The van der Waals surface area contributed by atoms with Crippen LogP contribution in [0.25, 0.3) is 0 Å². The Morgan fingerprint density at radius 2 is 2.11 bits per heavy atom. The number of carbonyl (C=O) groups is 1. The molecule has 0 aliphatic rings. The van der Waals surface area contributed by atoms with Crippen LogP contribution in [0.15, 0.2) is 11.6 Å². The number of alkyl halides is 1. The molecule has 1 atom stereocenters. The number of hydrogen-bond donors (Lipinski definition) is 0. The molecule has 0 bridgehead atoms. The number of esters is 1. The first-order chi connectivity index (χ1) is 8.62. The van der Waals surface area contributed by atoms with Crippen molar-refractivity contribution in [1.29, 1.82) is 5.26 Å². The van der Waals surface area contributed by atoms with Crippen LogP contribution < -0.4 is 0 Å². The molecule has 0 aliphatic heterocycles. The summed E-state index contributed by atoms with van der Waals surface area (Å²) in [4.78, 5) is 12.2. The number of nitrogens with zero attached hydrogens (tertiary/aromatic N) is 1. The van der Waals surface area contributed by atoms with Crippen LogP contribution in [0.3, 0.4) is 0 Å². The normalized spacial score (nSPS) is 14.7. The zero-order valence-corrected chi connectivity index (χ0v) is 13.0. The smallest absolute Gasteiger partial charge is 0.330 e. The summed E-state index contributed by atoms with van der Waals surface area (Å²) in [6, 6.07) is 2.20. The van der Waals surface area contributed by atoms with E-state index in [-0.39, 0.29) is 0 Å². The third kappa shape index (κ3) is 4.13. The second-order valence-corrected chi connectivity index (χ2v) is 4.84. The summed E-state index contributed by atoms with van der Waals surface area (Å²) < 4.78 is 5.10. The molecule has 0 heterocycles. The van der Waals surface area contributed by atoms with Crippen molar-refractivity contribution in [3.63, 3.8) is 0 Å². The Hall–Kier alpha value is -0.820. The van der Waals surface area contributed by atoms with Gasteiger partial charge in [0, 0.05) is 5.33 Å². The zero-order chi connectivity index (χ0) is 14.0. The fourth-order valence-corrected chi connectivity index (χ4v) is 2.45. The maximum absolute atomic E-state index is 12.2. The molecular weight excluding hydrogens is 294 g/mol. The van der Waals surface area contributed by atoms with E-state index in [0.717, 1.165) is 23.7 Å². The first kappa shape index (κ1) is 17.2. The Kier molecular flexibility index (Phi) is 8.74. The summed E-state index contributed by atoms with van der Waals surface area (Å²) in [6.45, 7) is 5.90. The Morgan fingerprint density at radius 1 is 1.44 bits per heavy atom. The molecule has 0 aromatic rings. The van der Waals surface area contributed by atoms with Gasteiger partial charge in [-0.3, -0.25) is 0 Å². The van der Waals surface area contributed by atoms with Crippen molar-refractivity contribution in [2.45, 2.75) is 46.5 Å². The van der Waals surface area contributed by atoms with E-state index >= 15 is 0 Å². The molecule has 0 aromatic heterocycles. The molecule has 0 fully saturated rings. The van der Waals surface area contributed by atoms with Gasteiger partial charge in [-0.1, -0.05) is 35.4 Å². The molecule has 0 saturated heterocycles. The summed E-state index contributed by atoms with van der Waals surface area (Å²) in [7, 11) is 0. The summed E-state index contributed by atoms with van der Waals surface area (Å²) in [6.07, 6.45) is 4.87. The molecule has 102 valence electrons. The van der Waals surface area contributed by atoms with Crippen LogP contribution in [0, 0.1) is 16.7 Å². The maximum Gasteiger partial charge on any atom is 0.330 e. The molecule has 18 heavy (non-hydrogen) atoms. The van der Waals surface area contributed by atoms with E-state index in [0.29, 0.717) is 19.4 Å². The average Bonchev–Trinajstić information content (AvgIpc) is 2.38. The van der Waals surface area contributed by atoms with Crippen LogP contribution in [0.4, 0.5) is 0 Å². The molecule has 0 aromatic carbocycles. The predicted octanol–water partition coefficient (Wildman–Crippen LogP) is 3.98. The zero-order valence-electron chi connectivity index (χ0n) is 11.5. The van der Waals surface area contributed by atoms with E-state index in [1.54, 1.807) is 6.92 Å². The minimum absolute atomic E-state index is 0.307. The lowest BCUT2D eigenvalue weighted by Crippen LogP contribution is -2.33. The van der Waals surface area contributed by atoms with E-state index in [9.17, 15) is 10.1 Å². The molecule has 1 unspecified atom stereocenters. The highest BCUT2D eigenvalue weighted by molar-refractivity contribution is 9.09. The van der Waals surface area contributed by atoms with Crippen LogP contribution in [0.5, 0.6) is 0 Å². The van der Waals surface area contributed by atoms with Crippen LogP contribution >= 0.6 is 15.9 Å². The Labute approximate surface area is 118 Å². The molecule has 0 rings (SSSR count). The summed E-state index contributed by atoms with van der Waals surface area (Å²) >= 11 is 3.36. The maximum atomic E-state index is 12.2. The van der Waals surface area contributed by atoms with E-state index in [4.69, 9.17) is 4.74 Å². The van der Waals surface area contributed by atoms with Gasteiger partial charge in [0.05, 0.1) is 12.7 Å². The molecule has 0 saturated carbocycles. The predicted molar refractivity (Wildman–Crippen MR) is 76.4 cm³/mol. The number of unbranched alkanes of at least 4 members (excludes halogenated alkanes) is 1. The lowest BCUT2D eigenvalue weighted by Gasteiger charge is -2.26. The Balaban J connectivity index is 5.21. The van der Waals surface area contributed by atoms with Gasteiger partial charge >= 0.3 is 5.97 Å². The second-order valence-electron chi connectivity index (χ2n) is 4.05. The number of carbonyl (C=O) groups excluding carboxylic acids is 1. The van der Waals surface area contributed by atoms with E-state index in [1.807, 2.05) is 19.9 Å². The highest BCUT2D eigenvalue weighted by Gasteiger charge is 2.42. The lowest BCUT2D eigenvalue weighted by molar-refractivity contribution is -0.150. The van der Waals surface area contributed by atoms with Gasteiger partial charge in [-0.05, 0) is 38.7 Å². The number of nitriles is 1. The Morgan fingerprint density at radius 3 is 2.50 bits per heavy atom. The molecule has 3 nitrogen and oxygen atoms in total. The van der Waals surface area contributed by atoms with Crippen molar-refractivity contribution in [2.24, 2.45) is 5.41 Å². The molecule has 0 amide bonds. The first-order valence-corrected chi connectivity index (χ1v) is 7.55. The van der Waals surface area contributed by atoms with Gasteiger partial charge in [0.15, 0.2) is 5.41 Å². The third-order valence-corrected chi connectivity index (χ3v) is 3.59. The molecule has 0 radical (unpaired) electrons. The lowest BCUT2D eigenvalue weighted by atomic mass is 9.76. The quantitative estimate of drug-likeness (QED) is 0.294. The average molecular weight is 316 g/mol. The molecule has 4 heteroatoms. The van der Waals surface area contributed by atoms with Crippen molar-refractivity contribution in [1.82, 2.24) is 0 Å². The van der Waals surface area contributed by atoms with Crippen LogP contribution in [-0.4, -0.2) is 17.9 Å². The second kappa shape index (κ2) is 9.16. The monoisotopic (exact) mass is 315 g/mol. The van der Waals surface area contributed by atoms with Gasteiger partial charge in [0.1, 0.15) is 0 Å². The first-order valence-electron chi connectivity index (χ1n) is 6.43. The van der Waals surface area contributed by atoms with Gasteiger partial charge in [-0.15, -0.1) is 0 Å². The third-order valence-electron chi connectivity index (χ3n) is 3.03. The van der Waals surface area contributed by atoms with Crippen molar-refractivity contribution in [3.8, 4) is 6.07 Å². The minimum Gasteiger partial charge on any atom is -0.465 e. The number of ether oxygens (including phenoxy) is 1. The van der Waals surface area contributed by atoms with Gasteiger partial charge in [-0.2, -0.15) is 5.26 Å². The number of allylic oxidation sites excluding steroid dienone is 1. The van der Waals surface area contributed by atoms with E-state index in [1.165, 1.54) is 0 Å². The van der Waals surface area contributed by atoms with E-state index in [2.05, 4.69) is 22.0 Å². The van der Waals surface area contributed by atoms with Crippen molar-refractivity contribution >= 4 is 21.9 Å². The van der Waals surface area contributed by atoms with Gasteiger partial charge < -0.3 is 4.74 Å². The van der Waals surface area contributed by atoms with Gasteiger partial charge in [0.25, 0.3) is 0 Å². The molecule has 0 aliphatic carbocycles. The highest BCUT2D eigenvalue weighted by atomic mass is 79.9. The van der Waals surface area contributed by atoms with Gasteiger partial charge in [0.2, 0.25) is 0 Å². The number of halogens is 1. The van der Waals surface area contributed by atoms with E-state index < -0.39 is 11.4 Å². The topological polar surface area (TPSA) is 50.1 Å². The molecule has 0 N–H and O–H groups in total. The summed E-state index contributed by atoms with van der Waals surface area (Å²) in [5.74, 6) is -0.406. The molecular formula is C14H22BrNO2. The minimum atomic E-state index is -1.10. The van der Waals surface area contributed by atoms with Crippen LogP contribution in [-0.2, 0) is 9.53 Å². The van der Waals surface area contributed by atoms with Gasteiger partial charge in [-0.25, -0.2) is 4.79 Å². The molecule has 0 spiro atoms. The van der Waals surface area contributed by atoms with Crippen molar-refractivity contribution in [3.05, 3.63) is 11.6 Å². The number of rotatable bonds is 8. The summed E-state index contributed by atoms with van der Waals surface area (Å²) in [5.41, 5.74) is -0.236. The highest BCUT2D eigenvalue weighted by Crippen LogP contribution is 2.36. The van der Waals surface area contributed by atoms with Crippen LogP contribution in [0.1, 0.15) is 46.5 Å². The standard InChI is InChI=1S/C14H22BrNO2/c1-4-12(5-2)14(11-16,9-7-8-10-15)13(17)18-6-3/h4H,5-10H2,1-3H3/b12-4+. The SMILES string of the molecule is C/C=C(\CC)C(C#N)(CCCCBr)C(=O)OCC. The fraction of sp³-hybridized carbons (Fsp3) is 0.714. The fourth-order valence-electron chi connectivity index (χ4n) is 2.06.